The maximum Gasteiger partial charge on any atom is 0.357 e. The molecule has 1 unspecified atom stereocenters. The lowest BCUT2D eigenvalue weighted by Crippen LogP contribution is -2.19. The molecule has 0 aliphatic rings. The van der Waals surface area contributed by atoms with E-state index in [1.165, 1.54) is 4.68 Å². The van der Waals surface area contributed by atoms with E-state index >= 15 is 0 Å². The van der Waals surface area contributed by atoms with Crippen LogP contribution in [0.3, 0.4) is 0 Å². The minimum Gasteiger partial charge on any atom is -0.394 e. The molecule has 2 aromatic rings. The third-order valence-electron chi connectivity index (χ3n) is 3.16. The smallest absolute Gasteiger partial charge is 0.357 e. The van der Waals surface area contributed by atoms with Gasteiger partial charge in [-0.1, -0.05) is 35.4 Å². The van der Waals surface area contributed by atoms with Gasteiger partial charge in [-0.15, -0.1) is 0 Å². The summed E-state index contributed by atoms with van der Waals surface area (Å²) in [6, 6.07) is 9.18. The van der Waals surface area contributed by atoms with Crippen molar-refractivity contribution in [3.63, 3.8) is 0 Å². The van der Waals surface area contributed by atoms with Crippen LogP contribution in [0, 0.1) is 0 Å². The fourth-order valence-corrected chi connectivity index (χ4v) is 4.11. The summed E-state index contributed by atoms with van der Waals surface area (Å²) in [5.41, 5.74) is 0.723. The van der Waals surface area contributed by atoms with Crippen LogP contribution in [0.4, 0.5) is 5.95 Å². The molecular formula is C14H22N5O4P. The largest absolute Gasteiger partial charge is 0.394 e. The predicted molar refractivity (Wildman–Crippen MR) is 88.6 cm³/mol. The molecule has 24 heavy (non-hydrogen) atoms. The van der Waals surface area contributed by atoms with Crippen LogP contribution >= 0.6 is 7.60 Å². The highest BCUT2D eigenvalue weighted by atomic mass is 31.2. The standard InChI is InChI=1S/C14H22N5O4P/c1-3-22-24(21,23-4-2)13(12-8-6-5-7-9-12)15-14-16-17-18-19(14)10-11-20/h5-9,13,20H,3-4,10-11H2,1-2H3,(H,15,16,18). The van der Waals surface area contributed by atoms with Crippen LogP contribution in [0.15, 0.2) is 30.3 Å². The molecule has 2 rings (SSSR count). The zero-order valence-corrected chi connectivity index (χ0v) is 14.6. The third kappa shape index (κ3) is 4.39. The Balaban J connectivity index is 2.39. The van der Waals surface area contributed by atoms with E-state index in [9.17, 15) is 4.57 Å². The Bertz CT molecular complexity index is 656. The van der Waals surface area contributed by atoms with Gasteiger partial charge in [-0.2, -0.15) is 0 Å². The van der Waals surface area contributed by atoms with Crippen molar-refractivity contribution >= 4 is 13.5 Å². The van der Waals surface area contributed by atoms with Crippen LogP contribution in [0.2, 0.25) is 0 Å². The van der Waals surface area contributed by atoms with Crippen LogP contribution in [-0.4, -0.2) is 45.1 Å². The Hall–Kier alpha value is -1.80. The fraction of sp³-hybridized carbons (Fsp3) is 0.500. The molecule has 9 nitrogen and oxygen atoms in total. The fourth-order valence-electron chi connectivity index (χ4n) is 2.20. The number of tetrazole rings is 1. The number of rotatable bonds is 10. The molecule has 0 saturated carbocycles. The summed E-state index contributed by atoms with van der Waals surface area (Å²) in [6.07, 6.45) is 0. The average molecular weight is 355 g/mol. The predicted octanol–water partition coefficient (Wildman–Crippen LogP) is 2.04. The van der Waals surface area contributed by atoms with Gasteiger partial charge in [-0.3, -0.25) is 4.57 Å². The number of nitrogens with one attached hydrogen (secondary N) is 1. The first-order valence-electron chi connectivity index (χ1n) is 7.72. The third-order valence-corrected chi connectivity index (χ3v) is 5.46. The molecule has 0 amide bonds. The highest BCUT2D eigenvalue weighted by molar-refractivity contribution is 7.54. The molecule has 0 bridgehead atoms. The van der Waals surface area contributed by atoms with Crippen molar-refractivity contribution in [1.82, 2.24) is 20.2 Å². The maximum absolute atomic E-state index is 13.3. The molecule has 132 valence electrons. The van der Waals surface area contributed by atoms with E-state index < -0.39 is 13.4 Å². The Labute approximate surface area is 140 Å². The van der Waals surface area contributed by atoms with E-state index in [-0.39, 0.29) is 32.3 Å². The number of aliphatic hydroxyl groups excluding tert-OH is 1. The highest BCUT2D eigenvalue weighted by Gasteiger charge is 2.38. The Morgan fingerprint density at radius 3 is 2.50 bits per heavy atom. The number of aromatic nitrogens is 4. The summed E-state index contributed by atoms with van der Waals surface area (Å²) in [6.45, 7) is 4.08. The van der Waals surface area contributed by atoms with Gasteiger partial charge >= 0.3 is 7.60 Å². The molecule has 0 spiro atoms. The monoisotopic (exact) mass is 355 g/mol. The van der Waals surface area contributed by atoms with E-state index in [4.69, 9.17) is 14.2 Å². The molecule has 1 aromatic carbocycles. The van der Waals surface area contributed by atoms with Gasteiger partial charge in [0, 0.05) is 0 Å². The average Bonchev–Trinajstić information content (AvgIpc) is 3.01. The second-order valence-corrected chi connectivity index (χ2v) is 6.89. The molecule has 1 aromatic heterocycles. The lowest BCUT2D eigenvalue weighted by molar-refractivity contribution is 0.214. The van der Waals surface area contributed by atoms with Gasteiger partial charge in [-0.05, 0) is 29.8 Å². The van der Waals surface area contributed by atoms with Crippen LogP contribution in [0.25, 0.3) is 0 Å². The summed E-state index contributed by atoms with van der Waals surface area (Å²) < 4.78 is 25.6. The maximum atomic E-state index is 13.3. The second-order valence-electron chi connectivity index (χ2n) is 4.78. The first kappa shape index (κ1) is 18.5. The van der Waals surface area contributed by atoms with Crippen LogP contribution < -0.4 is 5.32 Å². The van der Waals surface area contributed by atoms with Gasteiger partial charge in [0.05, 0.1) is 26.4 Å². The minimum atomic E-state index is -3.51. The molecule has 1 heterocycles. The first-order chi connectivity index (χ1) is 11.6. The Morgan fingerprint density at radius 1 is 1.25 bits per heavy atom. The highest BCUT2D eigenvalue weighted by Crippen LogP contribution is 2.60. The van der Waals surface area contributed by atoms with E-state index in [2.05, 4.69) is 20.8 Å². The molecule has 2 N–H and O–H groups in total. The number of hydrogen-bond donors (Lipinski definition) is 2. The van der Waals surface area contributed by atoms with Crippen molar-refractivity contribution < 1.29 is 18.7 Å². The lowest BCUT2D eigenvalue weighted by atomic mass is 10.2. The van der Waals surface area contributed by atoms with Crippen molar-refractivity contribution in [3.8, 4) is 0 Å². The van der Waals surface area contributed by atoms with Crippen molar-refractivity contribution in [3.05, 3.63) is 35.9 Å². The molecular weight excluding hydrogens is 333 g/mol. The van der Waals surface area contributed by atoms with Crippen LogP contribution in [0.5, 0.6) is 0 Å². The van der Waals surface area contributed by atoms with Gasteiger partial charge in [-0.25, -0.2) is 4.68 Å². The normalized spacial score (nSPS) is 13.0. The number of anilines is 1. The van der Waals surface area contributed by atoms with Gasteiger partial charge < -0.3 is 19.5 Å². The number of nitrogens with zero attached hydrogens (tertiary/aromatic N) is 4. The summed E-state index contributed by atoms with van der Waals surface area (Å²) in [4.78, 5) is 0. The van der Waals surface area contributed by atoms with E-state index in [1.54, 1.807) is 13.8 Å². The second kappa shape index (κ2) is 8.89. The number of benzene rings is 1. The van der Waals surface area contributed by atoms with Crippen molar-refractivity contribution in [1.29, 1.82) is 0 Å². The quantitative estimate of drug-likeness (QED) is 0.623. The van der Waals surface area contributed by atoms with Crippen molar-refractivity contribution in [2.45, 2.75) is 26.2 Å². The van der Waals surface area contributed by atoms with E-state index in [0.29, 0.717) is 0 Å². The SMILES string of the molecule is CCOP(=O)(OCC)C(Nc1nnnn1CCO)c1ccccc1. The van der Waals surface area contributed by atoms with E-state index in [0.717, 1.165) is 5.56 Å². The van der Waals surface area contributed by atoms with Crippen LogP contribution in [0.1, 0.15) is 25.2 Å². The van der Waals surface area contributed by atoms with Crippen LogP contribution in [-0.2, 0) is 20.2 Å². The number of aliphatic hydroxyl groups is 1. The summed E-state index contributed by atoms with van der Waals surface area (Å²) in [5, 5.41) is 23.4. The molecule has 0 radical (unpaired) electrons. The Kier molecular flexibility index (Phi) is 6.86. The molecule has 10 heteroatoms. The van der Waals surface area contributed by atoms with Gasteiger partial charge in [0.25, 0.3) is 0 Å². The molecule has 0 saturated heterocycles. The Morgan fingerprint density at radius 2 is 1.92 bits per heavy atom. The van der Waals surface area contributed by atoms with Crippen molar-refractivity contribution in [2.75, 3.05) is 25.1 Å². The van der Waals surface area contributed by atoms with Gasteiger partial charge in [0.15, 0.2) is 5.78 Å². The zero-order valence-electron chi connectivity index (χ0n) is 13.7. The first-order valence-corrected chi connectivity index (χ1v) is 9.33. The van der Waals surface area contributed by atoms with Crippen molar-refractivity contribution in [2.24, 2.45) is 0 Å². The topological polar surface area (TPSA) is 111 Å². The zero-order chi connectivity index (χ0) is 17.4. The van der Waals surface area contributed by atoms with E-state index in [1.807, 2.05) is 30.3 Å². The van der Waals surface area contributed by atoms with Gasteiger partial charge in [0.2, 0.25) is 5.95 Å². The summed E-state index contributed by atoms with van der Waals surface area (Å²) >= 11 is 0. The molecule has 0 aliphatic carbocycles. The lowest BCUT2D eigenvalue weighted by Gasteiger charge is -2.27. The summed E-state index contributed by atoms with van der Waals surface area (Å²) in [7, 11) is -3.51. The number of hydrogen-bond acceptors (Lipinski definition) is 8. The minimum absolute atomic E-state index is 0.121. The molecule has 0 fully saturated rings. The molecule has 1 atom stereocenters. The summed E-state index contributed by atoms with van der Waals surface area (Å²) in [5.74, 6) is -0.500. The van der Waals surface area contributed by atoms with Gasteiger partial charge in [0.1, 0.15) is 0 Å². The molecule has 0 aliphatic heterocycles.